The van der Waals surface area contributed by atoms with Crippen LogP contribution in [0.15, 0.2) is 30.3 Å². The summed E-state index contributed by atoms with van der Waals surface area (Å²) >= 11 is 0. The van der Waals surface area contributed by atoms with E-state index >= 15 is 0 Å². The lowest BCUT2D eigenvalue weighted by atomic mass is 9.94. The highest BCUT2D eigenvalue weighted by Gasteiger charge is 2.44. The van der Waals surface area contributed by atoms with E-state index in [9.17, 15) is 24.0 Å². The highest BCUT2D eigenvalue weighted by Crippen LogP contribution is 2.26. The van der Waals surface area contributed by atoms with Crippen molar-refractivity contribution in [3.8, 4) is 0 Å². The Labute approximate surface area is 256 Å². The van der Waals surface area contributed by atoms with Crippen molar-refractivity contribution in [3.05, 3.63) is 35.9 Å². The first kappa shape index (κ1) is 34.1. The molecule has 4 amide bonds. The standard InChI is InChI=1S/C33H50N4O6/c1-7-9-11-17-25-22(4)33(42)43-28(21(3)8-2)32(41)37-19-14-18-26(37)31(40)36(6)27(20-24-15-12-10-13-16-24)30(39)34-23(5)29(38)35-25/h10,12-13,15-16,21-23,25-28H,7-9,11,14,17-20H2,1-6H3,(H,34,39)(H,35,38)/t21-,22+,23-,25+,26-,27+,28-/m0/s1. The van der Waals surface area contributed by atoms with Crippen molar-refractivity contribution in [3.63, 3.8) is 0 Å². The molecule has 0 saturated carbocycles. The molecule has 2 N–H and O–H groups in total. The van der Waals surface area contributed by atoms with Crippen LogP contribution in [0.4, 0.5) is 0 Å². The summed E-state index contributed by atoms with van der Waals surface area (Å²) in [5.41, 5.74) is 0.863. The maximum Gasteiger partial charge on any atom is 0.311 e. The number of rotatable bonds is 8. The monoisotopic (exact) mass is 598 g/mol. The number of nitrogens with zero attached hydrogens (tertiary/aromatic N) is 2. The van der Waals surface area contributed by atoms with E-state index in [4.69, 9.17) is 4.74 Å². The van der Waals surface area contributed by atoms with Gasteiger partial charge in [-0.2, -0.15) is 0 Å². The molecule has 0 aromatic heterocycles. The second-order valence-electron chi connectivity index (χ2n) is 12.2. The van der Waals surface area contributed by atoms with Crippen molar-refractivity contribution in [1.82, 2.24) is 20.4 Å². The van der Waals surface area contributed by atoms with E-state index in [0.717, 1.165) is 24.8 Å². The van der Waals surface area contributed by atoms with Gasteiger partial charge in [0.15, 0.2) is 6.10 Å². The minimum atomic E-state index is -1.05. The Hall–Kier alpha value is -3.43. The third-order valence-electron chi connectivity index (χ3n) is 9.03. The number of ether oxygens (including phenoxy) is 1. The number of nitrogens with one attached hydrogen (secondary N) is 2. The lowest BCUT2D eigenvalue weighted by molar-refractivity contribution is -0.169. The van der Waals surface area contributed by atoms with Gasteiger partial charge in [-0.05, 0) is 45.1 Å². The summed E-state index contributed by atoms with van der Waals surface area (Å²) in [5.74, 6) is -3.19. The molecule has 3 rings (SSSR count). The lowest BCUT2D eigenvalue weighted by Crippen LogP contribution is -2.59. The Morgan fingerprint density at radius 2 is 1.65 bits per heavy atom. The van der Waals surface area contributed by atoms with Crippen molar-refractivity contribution in [2.75, 3.05) is 13.6 Å². The van der Waals surface area contributed by atoms with E-state index < -0.39 is 59.9 Å². The number of hydrogen-bond donors (Lipinski definition) is 2. The van der Waals surface area contributed by atoms with Crippen LogP contribution < -0.4 is 10.6 Å². The van der Waals surface area contributed by atoms with Crippen molar-refractivity contribution in [2.45, 2.75) is 116 Å². The van der Waals surface area contributed by atoms with Crippen LogP contribution in [-0.2, 0) is 35.1 Å². The zero-order valence-electron chi connectivity index (χ0n) is 26.6. The number of fused-ring (bicyclic) bond motifs is 1. The Morgan fingerprint density at radius 1 is 0.953 bits per heavy atom. The van der Waals surface area contributed by atoms with Crippen LogP contribution in [0.25, 0.3) is 0 Å². The summed E-state index contributed by atoms with van der Waals surface area (Å²) in [7, 11) is 1.57. The van der Waals surface area contributed by atoms with E-state index in [1.54, 1.807) is 20.9 Å². The van der Waals surface area contributed by atoms with Gasteiger partial charge in [0.25, 0.3) is 5.91 Å². The van der Waals surface area contributed by atoms with E-state index in [0.29, 0.717) is 32.2 Å². The van der Waals surface area contributed by atoms with Gasteiger partial charge in [0.1, 0.15) is 18.1 Å². The first-order valence-corrected chi connectivity index (χ1v) is 15.9. The SMILES string of the molecule is CCCCC[C@H]1NC(=O)[C@H](C)NC(=O)[C@@H](Cc2ccccc2)N(C)C(=O)[C@@H]2CCCN2C(=O)[C@H]([C@@H](C)CC)OC(=O)[C@@H]1C. The van der Waals surface area contributed by atoms with Gasteiger partial charge in [0.2, 0.25) is 17.7 Å². The van der Waals surface area contributed by atoms with Gasteiger partial charge < -0.3 is 25.2 Å². The Bertz CT molecular complexity index is 1130. The summed E-state index contributed by atoms with van der Waals surface area (Å²) in [6.45, 7) is 9.54. The molecule has 2 heterocycles. The topological polar surface area (TPSA) is 125 Å². The van der Waals surface area contributed by atoms with Gasteiger partial charge in [-0.3, -0.25) is 24.0 Å². The number of benzene rings is 1. The number of carbonyl (C=O) groups excluding carboxylic acids is 5. The molecular weight excluding hydrogens is 548 g/mol. The van der Waals surface area contributed by atoms with Crippen molar-refractivity contribution in [1.29, 1.82) is 0 Å². The third-order valence-corrected chi connectivity index (χ3v) is 9.03. The number of carbonyl (C=O) groups is 5. The minimum absolute atomic E-state index is 0.244. The van der Waals surface area contributed by atoms with E-state index in [2.05, 4.69) is 17.6 Å². The highest BCUT2D eigenvalue weighted by atomic mass is 16.5. The Balaban J connectivity index is 2.03. The van der Waals surface area contributed by atoms with Crippen LogP contribution in [0.2, 0.25) is 0 Å². The molecule has 2 aliphatic rings. The molecule has 0 unspecified atom stereocenters. The minimum Gasteiger partial charge on any atom is -0.452 e. The van der Waals surface area contributed by atoms with Gasteiger partial charge in [0.05, 0.1) is 5.92 Å². The third kappa shape index (κ3) is 8.57. The van der Waals surface area contributed by atoms with Gasteiger partial charge >= 0.3 is 5.97 Å². The average molecular weight is 599 g/mol. The molecule has 1 aromatic rings. The summed E-state index contributed by atoms with van der Waals surface area (Å²) in [6.07, 6.45) is 4.12. The number of amides is 4. The van der Waals surface area contributed by atoms with Crippen molar-refractivity contribution >= 4 is 29.6 Å². The van der Waals surface area contributed by atoms with Crippen LogP contribution in [-0.4, -0.2) is 83.3 Å². The number of hydrogen-bond acceptors (Lipinski definition) is 6. The molecule has 10 nitrogen and oxygen atoms in total. The Morgan fingerprint density at radius 3 is 2.30 bits per heavy atom. The molecule has 43 heavy (non-hydrogen) atoms. The molecule has 2 saturated heterocycles. The molecule has 1 aromatic carbocycles. The number of unbranched alkanes of at least 4 members (excludes halogenated alkanes) is 2. The van der Waals surface area contributed by atoms with E-state index in [-0.39, 0.29) is 18.2 Å². The molecule has 2 aliphatic heterocycles. The predicted octanol–water partition coefficient (Wildman–Crippen LogP) is 3.22. The molecule has 7 atom stereocenters. The fraction of sp³-hybridized carbons (Fsp3) is 0.667. The number of esters is 1. The largest absolute Gasteiger partial charge is 0.452 e. The maximum absolute atomic E-state index is 14.0. The van der Waals surface area contributed by atoms with Gasteiger partial charge in [-0.15, -0.1) is 0 Å². The highest BCUT2D eigenvalue weighted by molar-refractivity contribution is 5.95. The van der Waals surface area contributed by atoms with Crippen molar-refractivity contribution in [2.24, 2.45) is 11.8 Å². The average Bonchev–Trinajstić information content (AvgIpc) is 3.50. The second kappa shape index (κ2) is 15.9. The van der Waals surface area contributed by atoms with Crippen LogP contribution in [0, 0.1) is 11.8 Å². The smallest absolute Gasteiger partial charge is 0.311 e. The van der Waals surface area contributed by atoms with E-state index in [1.165, 1.54) is 9.80 Å². The normalized spacial score (nSPS) is 28.7. The fourth-order valence-electron chi connectivity index (χ4n) is 5.85. The molecule has 0 radical (unpaired) electrons. The van der Waals surface area contributed by atoms with Gasteiger partial charge in [0, 0.05) is 32.0 Å². The van der Waals surface area contributed by atoms with Crippen LogP contribution >= 0.6 is 0 Å². The lowest BCUT2D eigenvalue weighted by Gasteiger charge is -2.36. The first-order valence-electron chi connectivity index (χ1n) is 15.9. The molecule has 0 spiro atoms. The number of cyclic esters (lactones) is 1. The maximum atomic E-state index is 14.0. The van der Waals surface area contributed by atoms with Crippen LogP contribution in [0.5, 0.6) is 0 Å². The first-order chi connectivity index (χ1) is 20.5. The summed E-state index contributed by atoms with van der Waals surface area (Å²) in [5, 5.41) is 5.77. The summed E-state index contributed by atoms with van der Waals surface area (Å²) < 4.78 is 5.94. The molecule has 10 heteroatoms. The zero-order valence-corrected chi connectivity index (χ0v) is 26.6. The summed E-state index contributed by atoms with van der Waals surface area (Å²) in [6, 6.07) is 6.28. The molecule has 2 fully saturated rings. The van der Waals surface area contributed by atoms with Gasteiger partial charge in [-0.1, -0.05) is 70.4 Å². The quantitative estimate of drug-likeness (QED) is 0.350. The van der Waals surface area contributed by atoms with Crippen LogP contribution in [0.1, 0.15) is 85.1 Å². The summed E-state index contributed by atoms with van der Waals surface area (Å²) in [4.78, 5) is 71.4. The fourth-order valence-corrected chi connectivity index (χ4v) is 5.85. The second-order valence-corrected chi connectivity index (χ2v) is 12.2. The predicted molar refractivity (Wildman–Crippen MR) is 164 cm³/mol. The van der Waals surface area contributed by atoms with Gasteiger partial charge in [-0.25, -0.2) is 0 Å². The zero-order chi connectivity index (χ0) is 31.7. The Kier molecular flexibility index (Phi) is 12.6. The molecule has 0 aliphatic carbocycles. The van der Waals surface area contributed by atoms with E-state index in [1.807, 2.05) is 44.2 Å². The molecule has 0 bridgehead atoms. The van der Waals surface area contributed by atoms with Crippen LogP contribution in [0.3, 0.4) is 0 Å². The molecule has 238 valence electrons. The van der Waals surface area contributed by atoms with Crippen molar-refractivity contribution < 1.29 is 28.7 Å². The molecular formula is C33H50N4O6. The number of likely N-dealkylation sites (N-methyl/N-ethyl adjacent to an activating group) is 1.